The van der Waals surface area contributed by atoms with Gasteiger partial charge in [0, 0.05) is 71.1 Å². The molecule has 0 saturated heterocycles. The van der Waals surface area contributed by atoms with Gasteiger partial charge in [0.25, 0.3) is 0 Å². The highest BCUT2D eigenvalue weighted by Crippen LogP contribution is 2.44. The molecule has 0 atom stereocenters. The second-order valence-electron chi connectivity index (χ2n) is 20.6. The lowest BCUT2D eigenvalue weighted by Gasteiger charge is -2.34. The van der Waals surface area contributed by atoms with Crippen molar-refractivity contribution in [2.45, 2.75) is 145 Å². The summed E-state index contributed by atoms with van der Waals surface area (Å²) < 4.78 is 10.2. The maximum Gasteiger partial charge on any atom is 0.313 e. The van der Waals surface area contributed by atoms with Crippen LogP contribution in [0.4, 0.5) is 11.4 Å². The van der Waals surface area contributed by atoms with Crippen molar-refractivity contribution in [1.82, 2.24) is 0 Å². The first-order valence-corrected chi connectivity index (χ1v) is 21.0. The topological polar surface area (TPSA) is 134 Å². The van der Waals surface area contributed by atoms with E-state index in [2.05, 4.69) is 0 Å². The summed E-state index contributed by atoms with van der Waals surface area (Å²) in [5.74, 6) is -0.0935. The predicted molar refractivity (Wildman–Crippen MR) is 234 cm³/mol. The van der Waals surface area contributed by atoms with E-state index in [9.17, 15) is 29.4 Å². The monoisotopic (exact) mass is 813 g/mol. The molecule has 0 fully saturated rings. The molecule has 0 aliphatic heterocycles. The number of phenolic OH excluding ortho intramolecular Hbond substituents is 2. The Morgan fingerprint density at radius 2 is 0.754 bits per heavy atom. The Hall–Kier alpha value is -3.73. The summed E-state index contributed by atoms with van der Waals surface area (Å²) in [4.78, 5) is 57.3. The Balaban J connectivity index is 2.47. The van der Waals surface area contributed by atoms with E-state index in [1.807, 2.05) is 107 Å². The Bertz CT molecular complexity index is 1590. The highest BCUT2D eigenvalue weighted by atomic mass is 32.2. The van der Waals surface area contributed by atoms with Crippen molar-refractivity contribution in [3.8, 4) is 11.5 Å². The largest absolute Gasteiger partial charge is 0.507 e. The molecule has 2 amide bonds. The van der Waals surface area contributed by atoms with Crippen molar-refractivity contribution in [2.75, 3.05) is 48.6 Å². The fourth-order valence-corrected chi connectivity index (χ4v) is 7.49. The summed E-state index contributed by atoms with van der Waals surface area (Å²) in [7, 11) is 2.66. The molecule has 0 radical (unpaired) electrons. The van der Waals surface area contributed by atoms with Crippen LogP contribution in [0.2, 0.25) is 0 Å². The lowest BCUT2D eigenvalue weighted by Crippen LogP contribution is -2.43. The predicted octanol–water partition coefficient (Wildman–Crippen LogP) is 9.57. The minimum Gasteiger partial charge on any atom is -0.507 e. The quantitative estimate of drug-likeness (QED) is 0.141. The summed E-state index contributed by atoms with van der Waals surface area (Å²) in [6.07, 6.45) is 0.265. The van der Waals surface area contributed by atoms with E-state index < -0.39 is 44.4 Å². The molecule has 0 saturated carbocycles. The summed E-state index contributed by atoms with van der Waals surface area (Å²) in [5.41, 5.74) is 0.188. The number of carbonyl (C=O) groups is 4. The Morgan fingerprint density at radius 1 is 0.509 bits per heavy atom. The zero-order chi connectivity index (χ0) is 44.3. The van der Waals surface area contributed by atoms with Crippen molar-refractivity contribution in [3.63, 3.8) is 0 Å². The number of benzene rings is 2. The number of esters is 2. The second kappa shape index (κ2) is 18.0. The molecule has 0 spiro atoms. The number of ether oxygens (including phenoxy) is 2. The Labute approximate surface area is 347 Å². The van der Waals surface area contributed by atoms with Crippen LogP contribution in [-0.4, -0.2) is 72.8 Å². The van der Waals surface area contributed by atoms with Crippen molar-refractivity contribution in [2.24, 2.45) is 10.8 Å². The molecule has 2 N–H and O–H groups in total. The molecule has 2 aromatic carbocycles. The van der Waals surface area contributed by atoms with E-state index in [0.717, 1.165) is 0 Å². The lowest BCUT2D eigenvalue weighted by atomic mass is 9.79. The molecular formula is C46H72N2O8S. The van der Waals surface area contributed by atoms with Gasteiger partial charge in [0.1, 0.15) is 11.5 Å². The third kappa shape index (κ3) is 12.6. The van der Waals surface area contributed by atoms with Crippen LogP contribution in [-0.2, 0) is 50.3 Å². The highest BCUT2D eigenvalue weighted by molar-refractivity contribution is 7.99. The molecule has 0 bridgehead atoms. The molecule has 10 nitrogen and oxygen atoms in total. The molecule has 2 rings (SSSR count). The molecule has 0 heterocycles. The first kappa shape index (κ1) is 49.4. The van der Waals surface area contributed by atoms with Crippen LogP contribution < -0.4 is 9.80 Å². The highest BCUT2D eigenvalue weighted by Gasteiger charge is 2.37. The van der Waals surface area contributed by atoms with Gasteiger partial charge in [-0.15, -0.1) is 0 Å². The lowest BCUT2D eigenvalue weighted by molar-refractivity contribution is -0.151. The zero-order valence-electron chi connectivity index (χ0n) is 38.2. The molecule has 2 aromatic rings. The molecule has 320 valence electrons. The minimum absolute atomic E-state index is 0.0598. The Kier molecular flexibility index (Phi) is 15.6. The normalized spacial score (nSPS) is 12.9. The van der Waals surface area contributed by atoms with Crippen LogP contribution in [0.15, 0.2) is 24.3 Å². The first-order chi connectivity index (χ1) is 25.7. The maximum absolute atomic E-state index is 14.2. The summed E-state index contributed by atoms with van der Waals surface area (Å²) >= 11 is 1.47. The van der Waals surface area contributed by atoms with Gasteiger partial charge in [0.05, 0.1) is 25.0 Å². The number of hydrogen-bond donors (Lipinski definition) is 2. The Morgan fingerprint density at radius 3 is 0.965 bits per heavy atom. The second-order valence-corrected chi connectivity index (χ2v) is 21.8. The van der Waals surface area contributed by atoms with Gasteiger partial charge in [-0.2, -0.15) is 11.8 Å². The fraction of sp³-hybridized carbons (Fsp3) is 0.652. The molecular weight excluding hydrogens is 741 g/mol. The molecule has 0 unspecified atom stereocenters. The average molecular weight is 813 g/mol. The van der Waals surface area contributed by atoms with E-state index in [-0.39, 0.29) is 49.2 Å². The number of thioether (sulfide) groups is 1. The molecule has 0 aliphatic carbocycles. The number of nitrogens with zero attached hydrogens (tertiary/aromatic N) is 2. The van der Waals surface area contributed by atoms with Gasteiger partial charge in [-0.3, -0.25) is 19.2 Å². The number of amides is 2. The minimum atomic E-state index is -1.03. The van der Waals surface area contributed by atoms with Gasteiger partial charge in [0.2, 0.25) is 11.8 Å². The fourth-order valence-electron chi connectivity index (χ4n) is 6.65. The summed E-state index contributed by atoms with van der Waals surface area (Å²) in [6.45, 7) is 31.2. The van der Waals surface area contributed by atoms with Crippen LogP contribution in [0.25, 0.3) is 0 Å². The van der Waals surface area contributed by atoms with Crippen molar-refractivity contribution >= 4 is 46.9 Å². The van der Waals surface area contributed by atoms with E-state index in [1.54, 1.807) is 37.5 Å². The van der Waals surface area contributed by atoms with Gasteiger partial charge in [0.15, 0.2) is 0 Å². The molecule has 11 heteroatoms. The summed E-state index contributed by atoms with van der Waals surface area (Å²) in [6, 6.07) is 7.36. The first-order valence-electron chi connectivity index (χ1n) is 19.8. The molecule has 0 aromatic heterocycles. The van der Waals surface area contributed by atoms with Gasteiger partial charge < -0.3 is 29.5 Å². The number of rotatable bonds is 14. The third-order valence-electron chi connectivity index (χ3n) is 10.2. The van der Waals surface area contributed by atoms with Gasteiger partial charge >= 0.3 is 11.9 Å². The number of carbonyl (C=O) groups excluding carboxylic acids is 4. The van der Waals surface area contributed by atoms with E-state index in [1.165, 1.54) is 26.0 Å². The van der Waals surface area contributed by atoms with Crippen molar-refractivity contribution < 1.29 is 38.9 Å². The van der Waals surface area contributed by atoms with Crippen molar-refractivity contribution in [1.29, 1.82) is 0 Å². The molecule has 57 heavy (non-hydrogen) atoms. The number of phenols is 2. The van der Waals surface area contributed by atoms with Gasteiger partial charge in [-0.05, 0) is 73.6 Å². The van der Waals surface area contributed by atoms with Crippen LogP contribution in [0.3, 0.4) is 0 Å². The van der Waals surface area contributed by atoms with Crippen LogP contribution in [0.5, 0.6) is 11.5 Å². The standard InChI is InChI=1S/C46H72N2O8S/c1-41(2,3)31-23-29(24-32(37(31)51)42(4,5)6)47(27-45(13,14)39(53)55-17)35(49)19-21-57-22-20-36(50)48(28-46(15,16)40(54)56-18)30-25-33(43(7,8)9)38(52)34(26-30)44(10,11)12/h23-26,51-52H,19-22,27-28H2,1-18H3. The SMILES string of the molecule is COC(=O)C(C)(C)CN(C(=O)CCSCCC(=O)N(CC(C)(C)C(=O)OC)c1cc(C(C)(C)C)c(O)c(C(C)(C)C)c1)c1cc(C(C)(C)C)c(O)c(C(C)(C)C)c1. The van der Waals surface area contributed by atoms with Crippen LogP contribution in [0.1, 0.15) is 146 Å². The van der Waals surface area contributed by atoms with Crippen LogP contribution >= 0.6 is 11.8 Å². The molecule has 0 aliphatic rings. The zero-order valence-corrected chi connectivity index (χ0v) is 39.0. The smallest absolute Gasteiger partial charge is 0.313 e. The van der Waals surface area contributed by atoms with Gasteiger partial charge in [-0.25, -0.2) is 0 Å². The number of anilines is 2. The van der Waals surface area contributed by atoms with Crippen LogP contribution in [0, 0.1) is 10.8 Å². The summed E-state index contributed by atoms with van der Waals surface area (Å²) in [5, 5.41) is 22.8. The third-order valence-corrected chi connectivity index (χ3v) is 11.1. The average Bonchev–Trinajstić information content (AvgIpc) is 3.06. The number of methoxy groups -OCH3 is 2. The number of aromatic hydroxyl groups is 2. The number of hydrogen-bond acceptors (Lipinski definition) is 9. The van der Waals surface area contributed by atoms with E-state index >= 15 is 0 Å². The van der Waals surface area contributed by atoms with Crippen molar-refractivity contribution in [3.05, 3.63) is 46.5 Å². The van der Waals surface area contributed by atoms with Gasteiger partial charge in [-0.1, -0.05) is 83.1 Å². The van der Waals surface area contributed by atoms with E-state index in [4.69, 9.17) is 9.47 Å². The van der Waals surface area contributed by atoms with E-state index in [0.29, 0.717) is 45.1 Å². The maximum atomic E-state index is 14.2.